The van der Waals surface area contributed by atoms with Gasteiger partial charge in [0.1, 0.15) is 0 Å². The van der Waals surface area contributed by atoms with Crippen LogP contribution < -0.4 is 0 Å². The van der Waals surface area contributed by atoms with Crippen molar-refractivity contribution in [3.63, 3.8) is 0 Å². The van der Waals surface area contributed by atoms with Crippen molar-refractivity contribution in [3.05, 3.63) is 35.4 Å². The van der Waals surface area contributed by atoms with E-state index in [1.165, 1.54) is 24.1 Å². The van der Waals surface area contributed by atoms with Gasteiger partial charge in [0.25, 0.3) is 0 Å². The molecule has 1 aromatic carbocycles. The zero-order chi connectivity index (χ0) is 15.9. The molecule has 1 amide bonds. The summed E-state index contributed by atoms with van der Waals surface area (Å²) in [4.78, 5) is 13.4. The highest BCUT2D eigenvalue weighted by Crippen LogP contribution is 2.29. The molecule has 21 heavy (non-hydrogen) atoms. The van der Waals surface area contributed by atoms with E-state index in [0.29, 0.717) is 18.7 Å². The second kappa shape index (κ2) is 7.99. The molecule has 0 aromatic heterocycles. The van der Waals surface area contributed by atoms with Gasteiger partial charge in [-0.1, -0.05) is 12.1 Å². The van der Waals surface area contributed by atoms with Crippen LogP contribution in [0.3, 0.4) is 0 Å². The first kappa shape index (κ1) is 17.5. The summed E-state index contributed by atoms with van der Waals surface area (Å²) >= 11 is 0. The maximum atomic E-state index is 12.4. The Labute approximate surface area is 121 Å². The third-order valence-corrected chi connectivity index (χ3v) is 2.92. The molecule has 0 spiro atoms. The van der Waals surface area contributed by atoms with Crippen molar-refractivity contribution in [1.29, 1.82) is 0 Å². The van der Waals surface area contributed by atoms with Gasteiger partial charge in [0, 0.05) is 20.2 Å². The van der Waals surface area contributed by atoms with Crippen LogP contribution in [0.25, 0.3) is 0 Å². The van der Waals surface area contributed by atoms with Crippen molar-refractivity contribution in [2.45, 2.75) is 12.6 Å². The molecular weight excluding hydrogens is 287 g/mol. The lowest BCUT2D eigenvalue weighted by atomic mass is 10.1. The van der Waals surface area contributed by atoms with E-state index in [1.807, 2.05) is 0 Å². The normalized spacial score (nSPS) is 11.5. The van der Waals surface area contributed by atoms with Gasteiger partial charge < -0.3 is 14.7 Å². The highest BCUT2D eigenvalue weighted by molar-refractivity contribution is 5.78. The average Bonchev–Trinajstić information content (AvgIpc) is 2.43. The zero-order valence-corrected chi connectivity index (χ0v) is 11.7. The third-order valence-electron chi connectivity index (χ3n) is 2.92. The van der Waals surface area contributed by atoms with Crippen LogP contribution in [0.5, 0.6) is 0 Å². The first-order chi connectivity index (χ1) is 9.88. The smallest absolute Gasteiger partial charge is 0.395 e. The molecule has 0 saturated carbocycles. The van der Waals surface area contributed by atoms with Crippen LogP contribution in [0.4, 0.5) is 13.2 Å². The van der Waals surface area contributed by atoms with Crippen LogP contribution >= 0.6 is 0 Å². The van der Waals surface area contributed by atoms with E-state index in [0.717, 1.165) is 12.1 Å². The predicted molar refractivity (Wildman–Crippen MR) is 70.7 cm³/mol. The second-order valence-electron chi connectivity index (χ2n) is 4.47. The van der Waals surface area contributed by atoms with Crippen molar-refractivity contribution in [1.82, 2.24) is 4.90 Å². The quantitative estimate of drug-likeness (QED) is 0.834. The fourth-order valence-electron chi connectivity index (χ4n) is 1.78. The number of alkyl halides is 3. The van der Waals surface area contributed by atoms with Gasteiger partial charge in [-0.15, -0.1) is 0 Å². The Morgan fingerprint density at radius 1 is 1.24 bits per heavy atom. The molecule has 7 heteroatoms. The lowest BCUT2D eigenvalue weighted by Crippen LogP contribution is -2.37. The molecule has 1 rings (SSSR count). The number of hydrogen-bond donors (Lipinski definition) is 1. The van der Waals surface area contributed by atoms with Gasteiger partial charge in [-0.25, -0.2) is 0 Å². The summed E-state index contributed by atoms with van der Waals surface area (Å²) in [6.07, 6.45) is -4.40. The van der Waals surface area contributed by atoms with E-state index in [4.69, 9.17) is 9.84 Å². The number of rotatable bonds is 7. The topological polar surface area (TPSA) is 49.8 Å². The first-order valence-electron chi connectivity index (χ1n) is 6.42. The number of halogens is 3. The zero-order valence-electron chi connectivity index (χ0n) is 11.7. The number of amides is 1. The Hall–Kier alpha value is -1.60. The van der Waals surface area contributed by atoms with Crippen LogP contribution in [0, 0.1) is 0 Å². The van der Waals surface area contributed by atoms with Crippen molar-refractivity contribution >= 4 is 5.91 Å². The Morgan fingerprint density at radius 3 is 2.33 bits per heavy atom. The van der Waals surface area contributed by atoms with Crippen molar-refractivity contribution in [3.8, 4) is 0 Å². The van der Waals surface area contributed by atoms with Gasteiger partial charge in [-0.3, -0.25) is 4.79 Å². The van der Waals surface area contributed by atoms with Crippen LogP contribution in [-0.2, 0) is 22.1 Å². The molecule has 118 valence electrons. The van der Waals surface area contributed by atoms with Gasteiger partial charge in [0.05, 0.1) is 25.2 Å². The molecule has 0 unspecified atom stereocenters. The summed E-state index contributed by atoms with van der Waals surface area (Å²) in [5.41, 5.74) is -0.251. The number of benzene rings is 1. The molecule has 0 aliphatic carbocycles. The van der Waals surface area contributed by atoms with Crippen LogP contribution in [0.2, 0.25) is 0 Å². The molecule has 4 nitrogen and oxygen atoms in total. The molecule has 0 aliphatic heterocycles. The largest absolute Gasteiger partial charge is 0.416 e. The van der Waals surface area contributed by atoms with Gasteiger partial charge in [0.15, 0.2) is 0 Å². The Kier molecular flexibility index (Phi) is 6.64. The fraction of sp³-hybridized carbons (Fsp3) is 0.500. The highest BCUT2D eigenvalue weighted by Gasteiger charge is 2.30. The van der Waals surface area contributed by atoms with E-state index >= 15 is 0 Å². The number of aliphatic hydroxyl groups excluding tert-OH is 1. The van der Waals surface area contributed by atoms with E-state index in [9.17, 15) is 18.0 Å². The summed E-state index contributed by atoms with van der Waals surface area (Å²) in [7, 11) is 1.50. The molecule has 0 atom stereocenters. The number of carbonyl (C=O) groups excluding carboxylic acids is 1. The SMILES string of the molecule is COCCN(CCO)C(=O)Cc1ccc(C(F)(F)F)cc1. The minimum Gasteiger partial charge on any atom is -0.395 e. The number of carbonyl (C=O) groups is 1. The third kappa shape index (κ3) is 5.73. The molecule has 1 aromatic rings. The van der Waals surface area contributed by atoms with Gasteiger partial charge in [0.2, 0.25) is 5.91 Å². The Balaban J connectivity index is 2.67. The van der Waals surface area contributed by atoms with Crippen LogP contribution in [0.15, 0.2) is 24.3 Å². The standard InChI is InChI=1S/C14H18F3NO3/c1-21-9-7-18(6-8-19)13(20)10-11-2-4-12(5-3-11)14(15,16)17/h2-5,19H,6-10H2,1H3. The van der Waals surface area contributed by atoms with Crippen molar-refractivity contribution in [2.75, 3.05) is 33.4 Å². The number of hydrogen-bond acceptors (Lipinski definition) is 3. The summed E-state index contributed by atoms with van der Waals surface area (Å²) in [6, 6.07) is 4.48. The lowest BCUT2D eigenvalue weighted by Gasteiger charge is -2.21. The van der Waals surface area contributed by atoms with E-state index in [-0.39, 0.29) is 25.5 Å². The van der Waals surface area contributed by atoms with Crippen molar-refractivity contribution < 1.29 is 27.8 Å². The van der Waals surface area contributed by atoms with Crippen molar-refractivity contribution in [2.24, 2.45) is 0 Å². The van der Waals surface area contributed by atoms with Crippen LogP contribution in [0.1, 0.15) is 11.1 Å². The van der Waals surface area contributed by atoms with E-state index in [2.05, 4.69) is 0 Å². The molecule has 0 saturated heterocycles. The maximum Gasteiger partial charge on any atom is 0.416 e. The molecule has 0 bridgehead atoms. The summed E-state index contributed by atoms with van der Waals surface area (Å²) in [5, 5.41) is 8.92. The summed E-state index contributed by atoms with van der Waals surface area (Å²) in [5.74, 6) is -0.263. The fourth-order valence-corrected chi connectivity index (χ4v) is 1.78. The average molecular weight is 305 g/mol. The molecule has 1 N–H and O–H groups in total. The number of methoxy groups -OCH3 is 1. The van der Waals surface area contributed by atoms with Gasteiger partial charge in [-0.2, -0.15) is 13.2 Å². The monoisotopic (exact) mass is 305 g/mol. The Morgan fingerprint density at radius 2 is 1.86 bits per heavy atom. The first-order valence-corrected chi connectivity index (χ1v) is 6.42. The van der Waals surface area contributed by atoms with Gasteiger partial charge >= 0.3 is 6.18 Å². The Bertz CT molecular complexity index is 446. The number of nitrogens with zero attached hydrogens (tertiary/aromatic N) is 1. The summed E-state index contributed by atoms with van der Waals surface area (Å²) < 4.78 is 42.2. The van der Waals surface area contributed by atoms with Gasteiger partial charge in [-0.05, 0) is 17.7 Å². The van der Waals surface area contributed by atoms with Crippen LogP contribution in [-0.4, -0.2) is 49.3 Å². The number of aliphatic hydroxyl groups is 1. The molecule has 0 aliphatic rings. The second-order valence-corrected chi connectivity index (χ2v) is 4.47. The summed E-state index contributed by atoms with van der Waals surface area (Å²) in [6.45, 7) is 0.653. The number of ether oxygens (including phenoxy) is 1. The minimum atomic E-state index is -4.38. The van der Waals surface area contributed by atoms with E-state index < -0.39 is 11.7 Å². The highest BCUT2D eigenvalue weighted by atomic mass is 19.4. The minimum absolute atomic E-state index is 0.0121. The predicted octanol–water partition coefficient (Wildman–Crippen LogP) is 1.72. The lowest BCUT2D eigenvalue weighted by molar-refractivity contribution is -0.137. The molecule has 0 radical (unpaired) electrons. The maximum absolute atomic E-state index is 12.4. The molecular formula is C14H18F3NO3. The molecule has 0 fully saturated rings. The van der Waals surface area contributed by atoms with E-state index in [1.54, 1.807) is 0 Å². The molecule has 0 heterocycles.